The Kier molecular flexibility index (Phi) is 3.67. The predicted molar refractivity (Wildman–Crippen MR) is 73.9 cm³/mol. The van der Waals surface area contributed by atoms with Crippen LogP contribution in [-0.2, 0) is 15.8 Å². The van der Waals surface area contributed by atoms with Crippen LogP contribution in [0, 0.1) is 6.92 Å². The Morgan fingerprint density at radius 3 is 2.39 bits per heavy atom. The predicted octanol–water partition coefficient (Wildman–Crippen LogP) is 2.94. The van der Waals surface area contributed by atoms with Crippen molar-refractivity contribution in [1.82, 2.24) is 0 Å². The van der Waals surface area contributed by atoms with Gasteiger partial charge in [-0.15, -0.1) is 0 Å². The molecule has 4 heteroatoms. The summed E-state index contributed by atoms with van der Waals surface area (Å²) >= 11 is 0. The van der Waals surface area contributed by atoms with Gasteiger partial charge in [-0.05, 0) is 30.2 Å². The van der Waals surface area contributed by atoms with Crippen molar-refractivity contribution in [2.45, 2.75) is 12.7 Å². The minimum Gasteiger partial charge on any atom is -0.283 e. The van der Waals surface area contributed by atoms with Crippen molar-refractivity contribution in [3.05, 3.63) is 65.7 Å². The van der Waals surface area contributed by atoms with Gasteiger partial charge in [0.2, 0.25) is 10.0 Å². The molecule has 0 saturated carbocycles. The van der Waals surface area contributed by atoms with Crippen molar-refractivity contribution in [2.75, 3.05) is 4.72 Å². The third-order valence-corrected chi connectivity index (χ3v) is 3.75. The number of hydrogen-bond acceptors (Lipinski definition) is 2. The lowest BCUT2D eigenvalue weighted by atomic mass is 10.2. The molecule has 0 fully saturated rings. The van der Waals surface area contributed by atoms with Gasteiger partial charge in [0.05, 0.1) is 5.75 Å². The van der Waals surface area contributed by atoms with E-state index in [9.17, 15) is 8.42 Å². The van der Waals surface area contributed by atoms with E-state index >= 15 is 0 Å². The number of rotatable bonds is 4. The number of benzene rings is 2. The summed E-state index contributed by atoms with van der Waals surface area (Å²) in [5.74, 6) is -0.0121. The molecule has 0 amide bonds. The Hall–Kier alpha value is -1.81. The Morgan fingerprint density at radius 2 is 1.72 bits per heavy atom. The maximum atomic E-state index is 12.0. The van der Waals surface area contributed by atoms with Gasteiger partial charge in [0, 0.05) is 5.69 Å². The average molecular weight is 261 g/mol. The van der Waals surface area contributed by atoms with Crippen molar-refractivity contribution >= 4 is 15.7 Å². The SMILES string of the molecule is Cc1cccc(NS(=O)(=O)Cc2ccccc2)c1. The lowest BCUT2D eigenvalue weighted by molar-refractivity contribution is 0.600. The van der Waals surface area contributed by atoms with E-state index < -0.39 is 10.0 Å². The van der Waals surface area contributed by atoms with Crippen LogP contribution in [0.1, 0.15) is 11.1 Å². The van der Waals surface area contributed by atoms with E-state index in [0.717, 1.165) is 11.1 Å². The summed E-state index contributed by atoms with van der Waals surface area (Å²) in [7, 11) is -3.35. The van der Waals surface area contributed by atoms with E-state index in [1.54, 1.807) is 18.2 Å². The number of anilines is 1. The molecule has 0 saturated heterocycles. The largest absolute Gasteiger partial charge is 0.283 e. The van der Waals surface area contributed by atoms with Gasteiger partial charge < -0.3 is 0 Å². The molecule has 2 rings (SSSR count). The summed E-state index contributed by atoms with van der Waals surface area (Å²) in [6, 6.07) is 16.4. The Balaban J connectivity index is 2.13. The quantitative estimate of drug-likeness (QED) is 0.919. The summed E-state index contributed by atoms with van der Waals surface area (Å²) < 4.78 is 26.5. The molecular formula is C14H15NO2S. The highest BCUT2D eigenvalue weighted by Gasteiger charge is 2.11. The third kappa shape index (κ3) is 3.60. The summed E-state index contributed by atoms with van der Waals surface area (Å²) in [6.45, 7) is 1.93. The number of aryl methyl sites for hydroxylation is 1. The molecule has 0 radical (unpaired) electrons. The standard InChI is InChI=1S/C14H15NO2S/c1-12-6-5-9-14(10-12)15-18(16,17)11-13-7-3-2-4-8-13/h2-10,15H,11H2,1H3. The first-order chi connectivity index (χ1) is 8.55. The molecule has 0 bridgehead atoms. The van der Waals surface area contributed by atoms with Crippen LogP contribution in [0.3, 0.4) is 0 Å². The van der Waals surface area contributed by atoms with E-state index in [1.807, 2.05) is 43.3 Å². The molecule has 0 spiro atoms. The van der Waals surface area contributed by atoms with E-state index in [-0.39, 0.29) is 5.75 Å². The van der Waals surface area contributed by atoms with Crippen molar-refractivity contribution in [3.8, 4) is 0 Å². The van der Waals surface area contributed by atoms with Crippen LogP contribution in [0.25, 0.3) is 0 Å². The highest BCUT2D eigenvalue weighted by molar-refractivity contribution is 7.91. The second-order valence-electron chi connectivity index (χ2n) is 4.22. The lowest BCUT2D eigenvalue weighted by Gasteiger charge is -2.08. The lowest BCUT2D eigenvalue weighted by Crippen LogP contribution is -2.15. The van der Waals surface area contributed by atoms with Crippen molar-refractivity contribution < 1.29 is 8.42 Å². The van der Waals surface area contributed by atoms with Gasteiger partial charge in [0.15, 0.2) is 0 Å². The normalized spacial score (nSPS) is 11.2. The van der Waals surface area contributed by atoms with E-state index in [0.29, 0.717) is 5.69 Å². The molecule has 2 aromatic carbocycles. The summed E-state index contributed by atoms with van der Waals surface area (Å²) in [6.07, 6.45) is 0. The number of nitrogens with one attached hydrogen (secondary N) is 1. The monoisotopic (exact) mass is 261 g/mol. The van der Waals surface area contributed by atoms with Gasteiger partial charge in [-0.2, -0.15) is 0 Å². The zero-order valence-electron chi connectivity index (χ0n) is 10.1. The Bertz CT molecular complexity index is 621. The fraction of sp³-hybridized carbons (Fsp3) is 0.143. The van der Waals surface area contributed by atoms with E-state index in [1.165, 1.54) is 0 Å². The first kappa shape index (κ1) is 12.6. The molecule has 2 aromatic rings. The Morgan fingerprint density at radius 1 is 1.00 bits per heavy atom. The molecule has 0 aliphatic rings. The smallest absolute Gasteiger partial charge is 0.236 e. The van der Waals surface area contributed by atoms with Gasteiger partial charge in [-0.3, -0.25) is 4.72 Å². The van der Waals surface area contributed by atoms with Crippen LogP contribution in [0.4, 0.5) is 5.69 Å². The van der Waals surface area contributed by atoms with Crippen molar-refractivity contribution in [2.24, 2.45) is 0 Å². The maximum absolute atomic E-state index is 12.0. The zero-order chi connectivity index (χ0) is 13.0. The number of hydrogen-bond donors (Lipinski definition) is 1. The minimum absolute atomic E-state index is 0.0121. The molecular weight excluding hydrogens is 246 g/mol. The van der Waals surface area contributed by atoms with Crippen LogP contribution in [0.2, 0.25) is 0 Å². The van der Waals surface area contributed by atoms with E-state index in [4.69, 9.17) is 0 Å². The fourth-order valence-corrected chi connectivity index (χ4v) is 2.91. The second-order valence-corrected chi connectivity index (χ2v) is 5.94. The van der Waals surface area contributed by atoms with Crippen LogP contribution < -0.4 is 4.72 Å². The summed E-state index contributed by atoms with van der Waals surface area (Å²) in [5.41, 5.74) is 2.40. The van der Waals surface area contributed by atoms with Crippen LogP contribution in [0.5, 0.6) is 0 Å². The maximum Gasteiger partial charge on any atom is 0.236 e. The second kappa shape index (κ2) is 5.23. The Labute approximate surface area is 108 Å². The topological polar surface area (TPSA) is 46.2 Å². The molecule has 94 valence electrons. The molecule has 0 atom stereocenters. The molecule has 0 aromatic heterocycles. The fourth-order valence-electron chi connectivity index (χ4n) is 1.72. The van der Waals surface area contributed by atoms with Gasteiger partial charge in [0.25, 0.3) is 0 Å². The van der Waals surface area contributed by atoms with Gasteiger partial charge in [-0.1, -0.05) is 42.5 Å². The van der Waals surface area contributed by atoms with Crippen molar-refractivity contribution in [1.29, 1.82) is 0 Å². The summed E-state index contributed by atoms with van der Waals surface area (Å²) in [4.78, 5) is 0. The first-order valence-electron chi connectivity index (χ1n) is 5.66. The molecule has 18 heavy (non-hydrogen) atoms. The van der Waals surface area contributed by atoms with Crippen LogP contribution in [-0.4, -0.2) is 8.42 Å². The molecule has 1 N–H and O–H groups in total. The van der Waals surface area contributed by atoms with Crippen molar-refractivity contribution in [3.63, 3.8) is 0 Å². The van der Waals surface area contributed by atoms with Crippen LogP contribution in [0.15, 0.2) is 54.6 Å². The summed E-state index contributed by atoms with van der Waals surface area (Å²) in [5, 5.41) is 0. The van der Waals surface area contributed by atoms with Gasteiger partial charge in [0.1, 0.15) is 0 Å². The molecule has 3 nitrogen and oxygen atoms in total. The molecule has 0 aliphatic carbocycles. The zero-order valence-corrected chi connectivity index (χ0v) is 10.9. The van der Waals surface area contributed by atoms with Gasteiger partial charge in [-0.25, -0.2) is 8.42 Å². The molecule has 0 unspecified atom stereocenters. The van der Waals surface area contributed by atoms with Gasteiger partial charge >= 0.3 is 0 Å². The van der Waals surface area contributed by atoms with E-state index in [2.05, 4.69) is 4.72 Å². The number of sulfonamides is 1. The highest BCUT2D eigenvalue weighted by Crippen LogP contribution is 2.14. The third-order valence-electron chi connectivity index (χ3n) is 2.49. The highest BCUT2D eigenvalue weighted by atomic mass is 32.2. The molecule has 0 aliphatic heterocycles. The van der Waals surface area contributed by atoms with Crippen LogP contribution >= 0.6 is 0 Å². The first-order valence-corrected chi connectivity index (χ1v) is 7.31. The minimum atomic E-state index is -3.35. The molecule has 0 heterocycles. The average Bonchev–Trinajstić information content (AvgIpc) is 2.28.